The van der Waals surface area contributed by atoms with Crippen LogP contribution >= 0.6 is 11.8 Å². The zero-order valence-corrected chi connectivity index (χ0v) is 30.9. The summed E-state index contributed by atoms with van der Waals surface area (Å²) in [7, 11) is -0.829. The lowest BCUT2D eigenvalue weighted by atomic mass is 10.1. The lowest BCUT2D eigenvalue weighted by molar-refractivity contribution is -0.169. The zero-order valence-electron chi connectivity index (χ0n) is 29.2. The van der Waals surface area contributed by atoms with Crippen molar-refractivity contribution in [3.05, 3.63) is 42.5 Å². The Bertz CT molecular complexity index is 1630. The van der Waals surface area contributed by atoms with Gasteiger partial charge in [-0.1, -0.05) is 23.9 Å². The second-order valence-corrected chi connectivity index (χ2v) is 14.8. The van der Waals surface area contributed by atoms with Crippen molar-refractivity contribution in [2.45, 2.75) is 88.6 Å². The monoisotopic (exact) mass is 707 g/mol. The van der Waals surface area contributed by atoms with Crippen LogP contribution < -0.4 is 14.8 Å². The van der Waals surface area contributed by atoms with Gasteiger partial charge >= 0.3 is 5.97 Å². The Labute approximate surface area is 288 Å². The number of fused-ring (bicyclic) bond motifs is 1. The summed E-state index contributed by atoms with van der Waals surface area (Å²) < 4.78 is 56.2. The van der Waals surface area contributed by atoms with Crippen LogP contribution in [0, 0.1) is 0 Å². The lowest BCUT2D eigenvalue weighted by Crippen LogP contribution is -2.47. The van der Waals surface area contributed by atoms with E-state index in [1.807, 2.05) is 42.0 Å². The number of amides is 1. The summed E-state index contributed by atoms with van der Waals surface area (Å²) in [6.45, 7) is 11.4. The van der Waals surface area contributed by atoms with Crippen molar-refractivity contribution < 1.29 is 37.0 Å². The maximum atomic E-state index is 14.1. The van der Waals surface area contributed by atoms with Crippen LogP contribution in [0.2, 0.25) is 0 Å². The van der Waals surface area contributed by atoms with E-state index in [0.29, 0.717) is 12.2 Å². The van der Waals surface area contributed by atoms with Gasteiger partial charge in [-0.15, -0.1) is 0 Å². The Morgan fingerprint density at radius 2 is 1.73 bits per heavy atom. The van der Waals surface area contributed by atoms with E-state index in [1.54, 1.807) is 53.6 Å². The molecule has 0 saturated heterocycles. The van der Waals surface area contributed by atoms with E-state index >= 15 is 0 Å². The minimum Gasteiger partial charge on any atom is -0.487 e. The molecule has 13 nitrogen and oxygen atoms in total. The Balaban J connectivity index is 2.01. The maximum Gasteiger partial charge on any atom is 0.308 e. The van der Waals surface area contributed by atoms with Crippen LogP contribution in [0.5, 0.6) is 5.75 Å². The summed E-state index contributed by atoms with van der Waals surface area (Å²) in [5.74, 6) is -0.898. The molecule has 1 aromatic heterocycles. The van der Waals surface area contributed by atoms with Gasteiger partial charge < -0.3 is 33.7 Å². The number of likely N-dealkylation sites (N-methyl/N-ethyl adjacent to an activating group) is 1. The highest BCUT2D eigenvalue weighted by atomic mass is 32.2. The van der Waals surface area contributed by atoms with Gasteiger partial charge in [-0.05, 0) is 86.2 Å². The topological polar surface area (TPSA) is 150 Å². The number of rotatable bonds is 18. The largest absolute Gasteiger partial charge is 0.487 e. The fraction of sp³-hybridized carbons (Fsp3) is 0.545. The van der Waals surface area contributed by atoms with Gasteiger partial charge in [-0.2, -0.15) is 0 Å². The van der Waals surface area contributed by atoms with Crippen LogP contribution in [-0.2, 0) is 40.4 Å². The molecule has 15 heteroatoms. The molecule has 1 unspecified atom stereocenters. The molecule has 1 amide bonds. The summed E-state index contributed by atoms with van der Waals surface area (Å²) in [5.41, 5.74) is 1.32. The maximum absolute atomic E-state index is 14.1. The highest BCUT2D eigenvalue weighted by molar-refractivity contribution is 7.98. The SMILES string of the molecule is CCOC(OCC)C(CC(=O)OC(C)(C)C)NS(=O)(=O)c1ccc(NC(=O)CN(C)C)cc1O[C@H](C)Cn1c(SC)nc2ccccc21. The Morgan fingerprint density at radius 3 is 2.33 bits per heavy atom. The molecule has 2 aromatic carbocycles. The number of nitrogens with one attached hydrogen (secondary N) is 2. The van der Waals surface area contributed by atoms with Crippen LogP contribution in [0.4, 0.5) is 5.69 Å². The van der Waals surface area contributed by atoms with Crippen molar-refractivity contribution in [1.29, 1.82) is 0 Å². The van der Waals surface area contributed by atoms with Crippen molar-refractivity contribution in [3.8, 4) is 5.75 Å². The number of para-hydroxylation sites is 2. The number of esters is 1. The third-order valence-corrected chi connectivity index (χ3v) is 8.86. The third kappa shape index (κ3) is 11.4. The van der Waals surface area contributed by atoms with Gasteiger partial charge in [0.25, 0.3) is 0 Å². The molecule has 0 aliphatic carbocycles. The Kier molecular flexibility index (Phi) is 14.3. The summed E-state index contributed by atoms with van der Waals surface area (Å²) in [6.07, 6.45) is -0.0234. The second kappa shape index (κ2) is 17.4. The van der Waals surface area contributed by atoms with E-state index in [4.69, 9.17) is 23.9 Å². The van der Waals surface area contributed by atoms with Crippen molar-refractivity contribution in [1.82, 2.24) is 19.2 Å². The number of sulfonamides is 1. The first-order valence-electron chi connectivity index (χ1n) is 15.8. The fourth-order valence-corrected chi connectivity index (χ4v) is 6.83. The van der Waals surface area contributed by atoms with Gasteiger partial charge in [0, 0.05) is 25.0 Å². The number of hydrogen-bond donors (Lipinski definition) is 2. The van der Waals surface area contributed by atoms with Crippen LogP contribution in [0.3, 0.4) is 0 Å². The summed E-state index contributed by atoms with van der Waals surface area (Å²) in [5, 5.41) is 3.58. The van der Waals surface area contributed by atoms with E-state index in [0.717, 1.165) is 16.2 Å². The van der Waals surface area contributed by atoms with Gasteiger partial charge in [-0.3, -0.25) is 9.59 Å². The van der Waals surface area contributed by atoms with E-state index in [9.17, 15) is 18.0 Å². The molecule has 2 atom stereocenters. The fourth-order valence-electron chi connectivity index (χ4n) is 4.91. The first kappa shape index (κ1) is 39.2. The Morgan fingerprint density at radius 1 is 1.06 bits per heavy atom. The molecule has 48 heavy (non-hydrogen) atoms. The number of anilines is 1. The van der Waals surface area contributed by atoms with Crippen molar-refractivity contribution in [3.63, 3.8) is 0 Å². The quantitative estimate of drug-likeness (QED) is 0.109. The summed E-state index contributed by atoms with van der Waals surface area (Å²) in [6, 6.07) is 10.9. The second-order valence-electron chi connectivity index (χ2n) is 12.4. The lowest BCUT2D eigenvalue weighted by Gasteiger charge is -2.28. The number of benzene rings is 2. The van der Waals surface area contributed by atoms with Crippen LogP contribution in [0.25, 0.3) is 11.0 Å². The van der Waals surface area contributed by atoms with Gasteiger partial charge in [0.2, 0.25) is 15.9 Å². The van der Waals surface area contributed by atoms with Gasteiger partial charge in [0.1, 0.15) is 22.4 Å². The zero-order chi connectivity index (χ0) is 35.6. The average molecular weight is 708 g/mol. The molecule has 266 valence electrons. The van der Waals surface area contributed by atoms with Crippen LogP contribution in [0.1, 0.15) is 48.0 Å². The number of carbonyl (C=O) groups is 2. The predicted octanol–water partition coefficient (Wildman–Crippen LogP) is 4.50. The molecule has 0 bridgehead atoms. The molecule has 0 spiro atoms. The number of ether oxygens (including phenoxy) is 4. The van der Waals surface area contributed by atoms with E-state index < -0.39 is 40.0 Å². The first-order chi connectivity index (χ1) is 22.6. The first-order valence-corrected chi connectivity index (χ1v) is 18.5. The van der Waals surface area contributed by atoms with Crippen molar-refractivity contribution in [2.75, 3.05) is 45.4 Å². The minimum atomic E-state index is -4.37. The molecule has 3 aromatic rings. The molecule has 0 aliphatic heterocycles. The number of aromatic nitrogens is 2. The van der Waals surface area contributed by atoms with Crippen LogP contribution in [0.15, 0.2) is 52.5 Å². The normalized spacial score (nSPS) is 13.6. The molecule has 2 N–H and O–H groups in total. The van der Waals surface area contributed by atoms with E-state index in [1.165, 1.54) is 30.0 Å². The third-order valence-electron chi connectivity index (χ3n) is 6.65. The molecular formula is C33H49N5O8S2. The molecule has 0 saturated carbocycles. The number of nitrogens with zero attached hydrogens (tertiary/aromatic N) is 3. The summed E-state index contributed by atoms with van der Waals surface area (Å²) in [4.78, 5) is 31.7. The molecule has 3 rings (SSSR count). The standard InChI is InChI=1S/C33H49N5O8S2/c1-10-43-31(44-11-2)25(19-30(40)46-33(4,5)6)36-48(41,42)28-17-16-23(34-29(39)21-37(7)8)18-27(28)45-22(3)20-38-26-15-13-12-14-24(26)35-32(38)47-9/h12-18,22,25,31,36H,10-11,19-21H2,1-9H3,(H,34,39)/t22-,25?/m1/s1. The van der Waals surface area contributed by atoms with E-state index in [-0.39, 0.29) is 42.7 Å². The number of thioether (sulfide) groups is 1. The average Bonchev–Trinajstić information content (AvgIpc) is 3.32. The predicted molar refractivity (Wildman–Crippen MR) is 187 cm³/mol. The van der Waals surface area contributed by atoms with Gasteiger partial charge in [0.05, 0.1) is 36.6 Å². The van der Waals surface area contributed by atoms with Crippen LogP contribution in [-0.4, -0.2) is 98.9 Å². The van der Waals surface area contributed by atoms with Crippen molar-refractivity contribution in [2.24, 2.45) is 0 Å². The number of imidazole rings is 1. The molecule has 0 aliphatic rings. The van der Waals surface area contributed by atoms with E-state index in [2.05, 4.69) is 10.0 Å². The molecule has 0 fully saturated rings. The van der Waals surface area contributed by atoms with Gasteiger partial charge in [-0.25, -0.2) is 18.1 Å². The molecule has 0 radical (unpaired) electrons. The number of carbonyl (C=O) groups excluding carboxylic acids is 2. The summed E-state index contributed by atoms with van der Waals surface area (Å²) >= 11 is 1.49. The van der Waals surface area contributed by atoms with Crippen molar-refractivity contribution >= 4 is 50.4 Å². The minimum absolute atomic E-state index is 0.00756. The highest BCUT2D eigenvalue weighted by Crippen LogP contribution is 2.31. The Hall–Kier alpha value is -3.21. The number of hydrogen-bond acceptors (Lipinski definition) is 11. The smallest absolute Gasteiger partial charge is 0.308 e. The molecular weight excluding hydrogens is 659 g/mol. The van der Waals surface area contributed by atoms with Gasteiger partial charge in [0.15, 0.2) is 11.4 Å². The highest BCUT2D eigenvalue weighted by Gasteiger charge is 2.34. The molecule has 1 heterocycles.